The first-order chi connectivity index (χ1) is 8.25. The van der Waals surface area contributed by atoms with E-state index in [1.165, 1.54) is 4.68 Å². The second kappa shape index (κ2) is 3.79. The van der Waals surface area contributed by atoms with E-state index in [4.69, 9.17) is 11.6 Å². The summed E-state index contributed by atoms with van der Waals surface area (Å²) in [5.74, 6) is 0. The van der Waals surface area contributed by atoms with E-state index in [1.807, 2.05) is 18.2 Å². The molecule has 1 N–H and O–H groups in total. The molecule has 0 atom stereocenters. The molecule has 3 rings (SSSR count). The van der Waals surface area contributed by atoms with Gasteiger partial charge in [-0.2, -0.15) is 0 Å². The molecule has 17 heavy (non-hydrogen) atoms. The summed E-state index contributed by atoms with van der Waals surface area (Å²) in [6.45, 7) is 0. The highest BCUT2D eigenvalue weighted by Crippen LogP contribution is 2.13. The molecule has 0 fully saturated rings. The number of nitrogens with one attached hydrogen (secondary N) is 1. The van der Waals surface area contributed by atoms with Crippen LogP contribution in [0.4, 0.5) is 0 Å². The monoisotopic (exact) mass is 244 g/mol. The third-order valence-electron chi connectivity index (χ3n) is 2.68. The second-order valence-electron chi connectivity index (χ2n) is 3.77. The van der Waals surface area contributed by atoms with Crippen molar-refractivity contribution in [2.24, 2.45) is 0 Å². The van der Waals surface area contributed by atoms with E-state index < -0.39 is 0 Å². The summed E-state index contributed by atoms with van der Waals surface area (Å²) in [6, 6.07) is 14.6. The highest BCUT2D eigenvalue weighted by Gasteiger charge is 2.06. The number of nitrogens with zero attached hydrogens (tertiary/aromatic N) is 1. The number of aromatic amines is 1. The first kappa shape index (κ1) is 10.2. The van der Waals surface area contributed by atoms with Crippen molar-refractivity contribution < 1.29 is 0 Å². The lowest BCUT2D eigenvalue weighted by Gasteiger charge is -2.00. The van der Waals surface area contributed by atoms with Gasteiger partial charge in [-0.05, 0) is 36.4 Å². The zero-order chi connectivity index (χ0) is 11.8. The van der Waals surface area contributed by atoms with Crippen LogP contribution in [0, 0.1) is 0 Å². The lowest BCUT2D eigenvalue weighted by atomic mass is 10.2. The Labute approximate surface area is 102 Å². The number of hydrogen-bond donors (Lipinski definition) is 1. The number of fused-ring (bicyclic) bond motifs is 1. The molecule has 4 heteroatoms. The molecule has 0 unspecified atom stereocenters. The van der Waals surface area contributed by atoms with E-state index in [0.29, 0.717) is 10.4 Å². The second-order valence-corrected chi connectivity index (χ2v) is 4.21. The fourth-order valence-electron chi connectivity index (χ4n) is 1.83. The van der Waals surface area contributed by atoms with Crippen LogP contribution in [0.1, 0.15) is 0 Å². The third-order valence-corrected chi connectivity index (χ3v) is 2.93. The number of halogens is 1. The zero-order valence-corrected chi connectivity index (χ0v) is 9.61. The fraction of sp³-hybridized carbons (Fsp3) is 0. The molecule has 0 saturated heterocycles. The molecule has 0 aliphatic rings. The van der Waals surface area contributed by atoms with Gasteiger partial charge < -0.3 is 0 Å². The average molecular weight is 245 g/mol. The van der Waals surface area contributed by atoms with E-state index in [9.17, 15) is 4.79 Å². The van der Waals surface area contributed by atoms with Crippen molar-refractivity contribution in [3.05, 3.63) is 63.9 Å². The highest BCUT2D eigenvalue weighted by molar-refractivity contribution is 6.30. The number of rotatable bonds is 1. The normalized spacial score (nSPS) is 10.9. The summed E-state index contributed by atoms with van der Waals surface area (Å²) in [4.78, 5) is 12.1. The van der Waals surface area contributed by atoms with Gasteiger partial charge in [0, 0.05) is 5.02 Å². The van der Waals surface area contributed by atoms with Crippen molar-refractivity contribution in [1.82, 2.24) is 9.78 Å². The lowest BCUT2D eigenvalue weighted by molar-refractivity contribution is 0.864. The summed E-state index contributed by atoms with van der Waals surface area (Å²) < 4.78 is 1.51. The van der Waals surface area contributed by atoms with Gasteiger partial charge in [-0.25, -0.2) is 4.68 Å². The van der Waals surface area contributed by atoms with Gasteiger partial charge in [0.25, 0.3) is 5.56 Å². The van der Waals surface area contributed by atoms with E-state index >= 15 is 0 Å². The van der Waals surface area contributed by atoms with Crippen molar-refractivity contribution in [3.63, 3.8) is 0 Å². The van der Waals surface area contributed by atoms with E-state index in [-0.39, 0.29) is 5.56 Å². The molecular weight excluding hydrogens is 236 g/mol. The zero-order valence-electron chi connectivity index (χ0n) is 8.85. The molecule has 0 aliphatic carbocycles. The third kappa shape index (κ3) is 1.65. The van der Waals surface area contributed by atoms with Crippen LogP contribution in [0.3, 0.4) is 0 Å². The number of H-pyrrole nitrogens is 1. The molecule has 0 amide bonds. The molecule has 3 aromatic rings. The predicted molar refractivity (Wildman–Crippen MR) is 68.9 cm³/mol. The quantitative estimate of drug-likeness (QED) is 0.702. The van der Waals surface area contributed by atoms with Crippen molar-refractivity contribution in [1.29, 1.82) is 0 Å². The molecule has 1 aromatic heterocycles. The molecule has 3 nitrogen and oxygen atoms in total. The smallest absolute Gasteiger partial charge is 0.279 e. The largest absolute Gasteiger partial charge is 0.290 e. The minimum atomic E-state index is -0.0528. The van der Waals surface area contributed by atoms with Gasteiger partial charge in [0.1, 0.15) is 0 Å². The lowest BCUT2D eigenvalue weighted by Crippen LogP contribution is -2.13. The van der Waals surface area contributed by atoms with Gasteiger partial charge in [0.15, 0.2) is 0 Å². The first-order valence-electron chi connectivity index (χ1n) is 5.21. The van der Waals surface area contributed by atoms with Gasteiger partial charge in [0.05, 0.1) is 16.6 Å². The molecule has 84 valence electrons. The SMILES string of the molecule is O=c1c2ccccc2[nH]n1-c1ccc(Cl)cc1. The topological polar surface area (TPSA) is 37.8 Å². The molecule has 0 radical (unpaired) electrons. The summed E-state index contributed by atoms with van der Waals surface area (Å²) >= 11 is 5.82. The van der Waals surface area contributed by atoms with E-state index in [1.54, 1.807) is 30.3 Å². The van der Waals surface area contributed by atoms with Crippen molar-refractivity contribution >= 4 is 22.5 Å². The standard InChI is InChI=1S/C13H9ClN2O/c14-9-5-7-10(8-6-9)16-13(17)11-3-1-2-4-12(11)15-16/h1-8,15H. The molecule has 0 saturated carbocycles. The number of aromatic nitrogens is 2. The highest BCUT2D eigenvalue weighted by atomic mass is 35.5. The summed E-state index contributed by atoms with van der Waals surface area (Å²) in [7, 11) is 0. The Hall–Kier alpha value is -2.00. The number of para-hydroxylation sites is 1. The van der Waals surface area contributed by atoms with Crippen LogP contribution in [0.5, 0.6) is 0 Å². The summed E-state index contributed by atoms with van der Waals surface area (Å²) in [5.41, 5.74) is 1.55. The molecule has 1 heterocycles. The summed E-state index contributed by atoms with van der Waals surface area (Å²) in [5, 5.41) is 4.39. The van der Waals surface area contributed by atoms with Crippen LogP contribution < -0.4 is 5.56 Å². The molecule has 0 aliphatic heterocycles. The summed E-state index contributed by atoms with van der Waals surface area (Å²) in [6.07, 6.45) is 0. The Morgan fingerprint density at radius 1 is 1.00 bits per heavy atom. The van der Waals surface area contributed by atoms with Crippen LogP contribution in [-0.2, 0) is 0 Å². The minimum Gasteiger partial charge on any atom is -0.290 e. The molecular formula is C13H9ClN2O. The molecule has 0 bridgehead atoms. The number of benzene rings is 2. The van der Waals surface area contributed by atoms with Crippen LogP contribution in [0.2, 0.25) is 5.02 Å². The maximum Gasteiger partial charge on any atom is 0.279 e. The van der Waals surface area contributed by atoms with Gasteiger partial charge in [-0.3, -0.25) is 9.89 Å². The van der Waals surface area contributed by atoms with Gasteiger partial charge in [-0.1, -0.05) is 23.7 Å². The van der Waals surface area contributed by atoms with Gasteiger partial charge in [-0.15, -0.1) is 0 Å². The van der Waals surface area contributed by atoms with Gasteiger partial charge in [0.2, 0.25) is 0 Å². The van der Waals surface area contributed by atoms with Crippen molar-refractivity contribution in [2.75, 3.05) is 0 Å². The maximum absolute atomic E-state index is 12.1. The van der Waals surface area contributed by atoms with E-state index in [2.05, 4.69) is 5.10 Å². The Morgan fingerprint density at radius 2 is 1.71 bits per heavy atom. The fourth-order valence-corrected chi connectivity index (χ4v) is 1.96. The first-order valence-corrected chi connectivity index (χ1v) is 5.59. The Bertz CT molecular complexity index is 725. The van der Waals surface area contributed by atoms with Crippen LogP contribution in [-0.4, -0.2) is 9.78 Å². The molecule has 2 aromatic carbocycles. The minimum absolute atomic E-state index is 0.0528. The van der Waals surface area contributed by atoms with Crippen molar-refractivity contribution in [3.8, 4) is 5.69 Å². The Kier molecular flexibility index (Phi) is 2.27. The average Bonchev–Trinajstić information content (AvgIpc) is 2.69. The predicted octanol–water partition coefficient (Wildman–Crippen LogP) is 2.97. The van der Waals surface area contributed by atoms with E-state index in [0.717, 1.165) is 11.2 Å². The number of hydrogen-bond acceptors (Lipinski definition) is 1. The van der Waals surface area contributed by atoms with Crippen molar-refractivity contribution in [2.45, 2.75) is 0 Å². The van der Waals surface area contributed by atoms with Crippen LogP contribution in [0.25, 0.3) is 16.6 Å². The van der Waals surface area contributed by atoms with Crippen LogP contribution >= 0.6 is 11.6 Å². The maximum atomic E-state index is 12.1. The van der Waals surface area contributed by atoms with Crippen LogP contribution in [0.15, 0.2) is 53.3 Å². The van der Waals surface area contributed by atoms with Gasteiger partial charge >= 0.3 is 0 Å². The Morgan fingerprint density at radius 3 is 2.41 bits per heavy atom. The Balaban J connectivity index is 2.27. The molecule has 0 spiro atoms.